The van der Waals surface area contributed by atoms with Gasteiger partial charge in [0.15, 0.2) is 5.82 Å². The number of aryl methyl sites for hydroxylation is 2. The van der Waals surface area contributed by atoms with Crippen molar-refractivity contribution in [3.8, 4) is 0 Å². The molecule has 2 aromatic carbocycles. The van der Waals surface area contributed by atoms with Crippen LogP contribution in [-0.2, 0) is 26.4 Å². The molecule has 0 N–H and O–H groups in total. The van der Waals surface area contributed by atoms with Gasteiger partial charge in [0.2, 0.25) is 0 Å². The fourth-order valence-corrected chi connectivity index (χ4v) is 4.74. The first-order valence-electron chi connectivity index (χ1n) is 13.3. The summed E-state index contributed by atoms with van der Waals surface area (Å²) >= 11 is 0. The smallest absolute Gasteiger partial charge is 0.182 e. The highest BCUT2D eigenvalue weighted by Gasteiger charge is 2.17. The minimum Gasteiger partial charge on any atom is -0.313 e. The zero-order chi connectivity index (χ0) is 26.8. The number of allylic oxidation sites excluding steroid dienone is 1. The van der Waals surface area contributed by atoms with E-state index in [0.717, 1.165) is 49.7 Å². The highest BCUT2D eigenvalue weighted by molar-refractivity contribution is 5.72. The van der Waals surface area contributed by atoms with Gasteiger partial charge in [-0.05, 0) is 69.5 Å². The van der Waals surface area contributed by atoms with Crippen molar-refractivity contribution in [2.75, 3.05) is 6.54 Å². The van der Waals surface area contributed by atoms with Crippen molar-refractivity contribution in [2.45, 2.75) is 66.5 Å². The van der Waals surface area contributed by atoms with Gasteiger partial charge in [-0.3, -0.25) is 9.89 Å². The minimum atomic E-state index is 0.361. The Morgan fingerprint density at radius 2 is 1.86 bits per heavy atom. The molecule has 196 valence electrons. The van der Waals surface area contributed by atoms with Gasteiger partial charge < -0.3 is 4.57 Å². The van der Waals surface area contributed by atoms with E-state index < -0.39 is 0 Å². The van der Waals surface area contributed by atoms with Crippen molar-refractivity contribution >= 4 is 18.8 Å². The summed E-state index contributed by atoms with van der Waals surface area (Å²) in [6.45, 7) is 16.4. The second-order valence-electron chi connectivity index (χ2n) is 9.92. The Balaban J connectivity index is 1.61. The molecule has 37 heavy (non-hydrogen) atoms. The lowest BCUT2D eigenvalue weighted by molar-refractivity contribution is 0.213. The van der Waals surface area contributed by atoms with E-state index in [1.807, 2.05) is 24.6 Å². The molecule has 0 spiro atoms. The van der Waals surface area contributed by atoms with Gasteiger partial charge in [-0.1, -0.05) is 74.0 Å². The van der Waals surface area contributed by atoms with Crippen LogP contribution in [0.15, 0.2) is 64.6 Å². The number of nitrogens with zero attached hydrogens (tertiary/aromatic N) is 6. The number of hydrogen-bond acceptors (Lipinski definition) is 4. The van der Waals surface area contributed by atoms with E-state index in [1.165, 1.54) is 28.6 Å². The van der Waals surface area contributed by atoms with Gasteiger partial charge in [-0.25, -0.2) is 4.99 Å². The van der Waals surface area contributed by atoms with Crippen LogP contribution in [0.2, 0.25) is 0 Å². The maximum absolute atomic E-state index is 4.44. The van der Waals surface area contributed by atoms with Crippen LogP contribution < -0.4 is 0 Å². The fourth-order valence-electron chi connectivity index (χ4n) is 4.74. The summed E-state index contributed by atoms with van der Waals surface area (Å²) in [5.74, 6) is 2.20. The molecule has 0 fully saturated rings. The molecular formula is C31H42N6. The summed E-state index contributed by atoms with van der Waals surface area (Å²) < 4.78 is 2.03. The van der Waals surface area contributed by atoms with Crippen LogP contribution in [0.25, 0.3) is 5.70 Å². The molecule has 0 unspecified atom stereocenters. The van der Waals surface area contributed by atoms with Gasteiger partial charge in [-0.15, -0.1) is 10.2 Å². The molecule has 6 nitrogen and oxygen atoms in total. The van der Waals surface area contributed by atoms with Gasteiger partial charge in [0.1, 0.15) is 17.9 Å². The molecular weight excluding hydrogens is 456 g/mol. The van der Waals surface area contributed by atoms with Gasteiger partial charge in [-0.2, -0.15) is 0 Å². The van der Waals surface area contributed by atoms with E-state index in [0.29, 0.717) is 12.0 Å². The Hall–Kier alpha value is -3.38. The van der Waals surface area contributed by atoms with Crippen LogP contribution in [0, 0.1) is 12.8 Å². The zero-order valence-corrected chi connectivity index (χ0v) is 23.4. The molecule has 0 saturated carbocycles. The minimum absolute atomic E-state index is 0.361. The molecule has 1 heterocycles. The van der Waals surface area contributed by atoms with E-state index in [-0.39, 0.29) is 0 Å². The van der Waals surface area contributed by atoms with Crippen LogP contribution in [0.3, 0.4) is 0 Å². The predicted molar refractivity (Wildman–Crippen MR) is 156 cm³/mol. The van der Waals surface area contributed by atoms with Crippen molar-refractivity contribution in [1.82, 2.24) is 19.7 Å². The van der Waals surface area contributed by atoms with E-state index in [4.69, 9.17) is 0 Å². The van der Waals surface area contributed by atoms with Crippen molar-refractivity contribution in [3.05, 3.63) is 88.5 Å². The maximum atomic E-state index is 4.44. The largest absolute Gasteiger partial charge is 0.313 e. The molecule has 0 radical (unpaired) electrons. The third-order valence-corrected chi connectivity index (χ3v) is 7.06. The van der Waals surface area contributed by atoms with E-state index in [1.54, 1.807) is 0 Å². The molecule has 0 bridgehead atoms. The standard InChI is InChI=1S/C31H42N6/c1-8-29(33-22-32-6)31-35-34-30(36(31)7)19-24(4)16-17-26-13-11-15-28(20-26)25(5)37(9-2)21-27-14-10-12-23(3)18-27/h8,10-15,18,20,22,24-25H,6,9,16-17,19,21H2,1-5,7H3/b29-8-,33-22-/t24-,25-/m1/s1. The Morgan fingerprint density at radius 3 is 2.57 bits per heavy atom. The summed E-state index contributed by atoms with van der Waals surface area (Å²) in [6, 6.07) is 18.3. The normalized spacial score (nSPS) is 13.9. The van der Waals surface area contributed by atoms with Gasteiger partial charge in [0.25, 0.3) is 0 Å². The van der Waals surface area contributed by atoms with Crippen LogP contribution in [0.1, 0.15) is 74.1 Å². The summed E-state index contributed by atoms with van der Waals surface area (Å²) in [7, 11) is 2.00. The summed E-state index contributed by atoms with van der Waals surface area (Å²) in [5.41, 5.74) is 6.21. The zero-order valence-electron chi connectivity index (χ0n) is 23.4. The van der Waals surface area contributed by atoms with Crippen LogP contribution >= 0.6 is 0 Å². The maximum Gasteiger partial charge on any atom is 0.182 e. The topological polar surface area (TPSA) is 58.7 Å². The highest BCUT2D eigenvalue weighted by atomic mass is 15.3. The SMILES string of the molecule is C=N/C=N\C(=C/C)c1nnc(C[C@H](C)CCc2cccc([C@@H](C)N(CC)Cc3cccc(C)c3)c2)n1C. The Bertz CT molecular complexity index is 1220. The molecule has 0 amide bonds. The first-order valence-corrected chi connectivity index (χ1v) is 13.3. The summed E-state index contributed by atoms with van der Waals surface area (Å²) in [6.07, 6.45) is 6.36. The van der Waals surface area contributed by atoms with Crippen molar-refractivity contribution < 1.29 is 0 Å². The Labute approximate surface area is 222 Å². The van der Waals surface area contributed by atoms with Crippen LogP contribution in [0.5, 0.6) is 0 Å². The van der Waals surface area contributed by atoms with Crippen molar-refractivity contribution in [1.29, 1.82) is 0 Å². The third kappa shape index (κ3) is 7.80. The fraction of sp³-hybridized carbons (Fsp3) is 0.419. The Morgan fingerprint density at radius 1 is 1.11 bits per heavy atom. The third-order valence-electron chi connectivity index (χ3n) is 7.06. The molecule has 2 atom stereocenters. The van der Waals surface area contributed by atoms with Gasteiger partial charge >= 0.3 is 0 Å². The highest BCUT2D eigenvalue weighted by Crippen LogP contribution is 2.25. The molecule has 0 aliphatic rings. The second-order valence-corrected chi connectivity index (χ2v) is 9.92. The molecule has 0 saturated heterocycles. The number of benzene rings is 2. The number of rotatable bonds is 13. The molecule has 0 aliphatic carbocycles. The predicted octanol–water partition coefficient (Wildman–Crippen LogP) is 6.61. The number of aromatic nitrogens is 3. The van der Waals surface area contributed by atoms with Gasteiger partial charge in [0, 0.05) is 26.1 Å². The number of hydrogen-bond donors (Lipinski definition) is 0. The van der Waals surface area contributed by atoms with Gasteiger partial charge in [0.05, 0.1) is 0 Å². The van der Waals surface area contributed by atoms with E-state index in [9.17, 15) is 0 Å². The van der Waals surface area contributed by atoms with Crippen LogP contribution in [-0.4, -0.2) is 39.3 Å². The lowest BCUT2D eigenvalue weighted by Gasteiger charge is -2.29. The molecule has 3 rings (SSSR count). The summed E-state index contributed by atoms with van der Waals surface area (Å²) in [4.78, 5) is 10.5. The van der Waals surface area contributed by atoms with Crippen LogP contribution in [0.4, 0.5) is 0 Å². The quantitative estimate of drug-likeness (QED) is 0.197. The molecule has 1 aromatic heterocycles. The first-order chi connectivity index (χ1) is 17.9. The molecule has 3 aromatic rings. The Kier molecular flexibility index (Phi) is 10.5. The summed E-state index contributed by atoms with van der Waals surface area (Å²) in [5, 5.41) is 8.81. The van der Waals surface area contributed by atoms with Crippen molar-refractivity contribution in [3.63, 3.8) is 0 Å². The lowest BCUT2D eigenvalue weighted by atomic mass is 9.95. The average molecular weight is 499 g/mol. The second kappa shape index (κ2) is 13.8. The number of aliphatic imine (C=N–C) groups is 2. The monoisotopic (exact) mass is 498 g/mol. The van der Waals surface area contributed by atoms with E-state index >= 15 is 0 Å². The molecule has 0 aliphatic heterocycles. The van der Waals surface area contributed by atoms with E-state index in [2.05, 4.69) is 108 Å². The average Bonchev–Trinajstić information content (AvgIpc) is 3.26. The first kappa shape index (κ1) is 28.2. The molecule has 6 heteroatoms. The lowest BCUT2D eigenvalue weighted by Crippen LogP contribution is -2.26. The van der Waals surface area contributed by atoms with Crippen molar-refractivity contribution in [2.24, 2.45) is 23.0 Å².